The first-order chi connectivity index (χ1) is 20.5. The van der Waals surface area contributed by atoms with E-state index in [1.165, 1.54) is 48.4 Å². The van der Waals surface area contributed by atoms with Crippen molar-refractivity contribution in [1.29, 1.82) is 0 Å². The lowest BCUT2D eigenvalue weighted by molar-refractivity contribution is -0.140. The number of hydrogen-bond acceptors (Lipinski definition) is 5. The summed E-state index contributed by atoms with van der Waals surface area (Å²) in [5.41, 5.74) is 0.887. The number of halogens is 3. The summed E-state index contributed by atoms with van der Waals surface area (Å²) in [6, 6.07) is 16.2. The van der Waals surface area contributed by atoms with Gasteiger partial charge in [-0.15, -0.1) is 0 Å². The first-order valence-electron chi connectivity index (χ1n) is 14.0. The Kier molecular flexibility index (Phi) is 11.2. The number of nitrogens with one attached hydrogen (secondary N) is 1. The third kappa shape index (κ3) is 8.15. The number of ether oxygens (including phenoxy) is 1. The number of anilines is 1. The number of hydrogen-bond donors (Lipinski definition) is 1. The second kappa shape index (κ2) is 14.7. The molecule has 0 heterocycles. The van der Waals surface area contributed by atoms with Gasteiger partial charge in [0.15, 0.2) is 0 Å². The van der Waals surface area contributed by atoms with Gasteiger partial charge < -0.3 is 15.0 Å². The number of amides is 2. The van der Waals surface area contributed by atoms with Crippen LogP contribution in [-0.2, 0) is 26.2 Å². The topological polar surface area (TPSA) is 96.0 Å². The van der Waals surface area contributed by atoms with Crippen molar-refractivity contribution in [1.82, 2.24) is 10.2 Å². The van der Waals surface area contributed by atoms with Crippen LogP contribution in [0.15, 0.2) is 71.6 Å². The molecule has 0 aromatic heterocycles. The number of nitrogens with zero attached hydrogens (tertiary/aromatic N) is 2. The zero-order valence-corrected chi connectivity index (χ0v) is 27.0. The van der Waals surface area contributed by atoms with Gasteiger partial charge in [0.1, 0.15) is 18.3 Å². The minimum Gasteiger partial charge on any atom is -0.497 e. The minimum atomic E-state index is -4.23. The maximum atomic E-state index is 14.2. The molecule has 12 heteroatoms. The highest BCUT2D eigenvalue weighted by Gasteiger charge is 2.34. The van der Waals surface area contributed by atoms with Crippen molar-refractivity contribution < 1.29 is 22.7 Å². The van der Waals surface area contributed by atoms with E-state index in [1.54, 1.807) is 30.3 Å². The van der Waals surface area contributed by atoms with Gasteiger partial charge in [-0.3, -0.25) is 13.9 Å². The van der Waals surface area contributed by atoms with Crippen LogP contribution in [0.2, 0.25) is 15.1 Å². The van der Waals surface area contributed by atoms with Gasteiger partial charge in [0.25, 0.3) is 10.0 Å². The Morgan fingerprint density at radius 2 is 1.60 bits per heavy atom. The monoisotopic (exact) mass is 665 g/mol. The largest absolute Gasteiger partial charge is 0.497 e. The number of methoxy groups -OCH3 is 1. The minimum absolute atomic E-state index is 0.0172. The van der Waals surface area contributed by atoms with Crippen molar-refractivity contribution >= 4 is 62.3 Å². The number of sulfonamides is 1. The second-order valence-corrected chi connectivity index (χ2v) is 13.5. The van der Waals surface area contributed by atoms with Crippen molar-refractivity contribution in [2.75, 3.05) is 18.0 Å². The van der Waals surface area contributed by atoms with E-state index in [1.807, 2.05) is 6.92 Å². The number of rotatable bonds is 12. The summed E-state index contributed by atoms with van der Waals surface area (Å²) in [7, 11) is -2.75. The van der Waals surface area contributed by atoms with Gasteiger partial charge in [0, 0.05) is 17.6 Å². The highest BCUT2D eigenvalue weighted by Crippen LogP contribution is 2.28. The lowest BCUT2D eigenvalue weighted by Gasteiger charge is -2.34. The fourth-order valence-electron chi connectivity index (χ4n) is 5.13. The molecule has 3 aromatic carbocycles. The van der Waals surface area contributed by atoms with Crippen molar-refractivity contribution in [3.05, 3.63) is 87.4 Å². The van der Waals surface area contributed by atoms with Crippen LogP contribution < -0.4 is 14.4 Å². The molecule has 1 aliphatic carbocycles. The Labute approximate surface area is 267 Å². The SMILES string of the molecule is CC[C@H](C(=O)NC1CCCC1)N(Cc1ccc(Cl)c(Cl)c1)C(=O)CN(c1ccc(Cl)cc1)S(=O)(=O)c1ccc(OC)cc1. The molecule has 0 radical (unpaired) electrons. The van der Waals surface area contributed by atoms with E-state index < -0.39 is 28.5 Å². The van der Waals surface area contributed by atoms with E-state index in [4.69, 9.17) is 39.5 Å². The van der Waals surface area contributed by atoms with Crippen LogP contribution in [0.3, 0.4) is 0 Å². The van der Waals surface area contributed by atoms with Gasteiger partial charge >= 0.3 is 0 Å². The van der Waals surface area contributed by atoms with Crippen LogP contribution in [-0.4, -0.2) is 50.9 Å². The average Bonchev–Trinajstić information content (AvgIpc) is 3.51. The van der Waals surface area contributed by atoms with E-state index in [0.717, 1.165) is 30.0 Å². The maximum absolute atomic E-state index is 14.2. The molecule has 1 saturated carbocycles. The Balaban J connectivity index is 1.72. The van der Waals surface area contributed by atoms with Crippen LogP contribution in [0.4, 0.5) is 5.69 Å². The van der Waals surface area contributed by atoms with Crippen LogP contribution in [0.25, 0.3) is 0 Å². The summed E-state index contributed by atoms with van der Waals surface area (Å²) < 4.78 is 34.2. The molecule has 230 valence electrons. The van der Waals surface area contributed by atoms with Gasteiger partial charge in [-0.05, 0) is 85.5 Å². The molecular weight excluding hydrogens is 633 g/mol. The van der Waals surface area contributed by atoms with Crippen molar-refractivity contribution in [2.45, 2.75) is 62.6 Å². The van der Waals surface area contributed by atoms with E-state index in [0.29, 0.717) is 32.8 Å². The summed E-state index contributed by atoms with van der Waals surface area (Å²) in [4.78, 5) is 29.1. The van der Waals surface area contributed by atoms with Crippen LogP contribution in [0.5, 0.6) is 5.75 Å². The lowest BCUT2D eigenvalue weighted by atomic mass is 10.1. The van der Waals surface area contributed by atoms with E-state index >= 15 is 0 Å². The molecule has 0 bridgehead atoms. The molecule has 8 nitrogen and oxygen atoms in total. The third-order valence-electron chi connectivity index (χ3n) is 7.47. The molecule has 2 amide bonds. The fraction of sp³-hybridized carbons (Fsp3) is 0.355. The summed E-state index contributed by atoms with van der Waals surface area (Å²) in [6.45, 7) is 1.27. The number of carbonyl (C=O) groups is 2. The first kappa shape index (κ1) is 32.9. The predicted octanol–water partition coefficient (Wildman–Crippen LogP) is 6.72. The summed E-state index contributed by atoms with van der Waals surface area (Å²) in [6.07, 6.45) is 4.15. The number of carbonyl (C=O) groups excluding carboxylic acids is 2. The molecule has 3 aromatic rings. The van der Waals surface area contributed by atoms with Crippen LogP contribution in [0.1, 0.15) is 44.6 Å². The zero-order chi connectivity index (χ0) is 31.1. The van der Waals surface area contributed by atoms with E-state index in [2.05, 4.69) is 5.32 Å². The van der Waals surface area contributed by atoms with Gasteiger partial charge in [0.05, 0.1) is 27.7 Å². The van der Waals surface area contributed by atoms with Crippen molar-refractivity contribution in [3.63, 3.8) is 0 Å². The molecule has 43 heavy (non-hydrogen) atoms. The summed E-state index contributed by atoms with van der Waals surface area (Å²) in [5.74, 6) is -0.356. The van der Waals surface area contributed by atoms with Crippen LogP contribution >= 0.6 is 34.8 Å². The molecule has 0 unspecified atom stereocenters. The molecule has 1 atom stereocenters. The standard InChI is InChI=1S/C31H34Cl3N3O5S/c1-3-29(31(39)35-23-6-4-5-7-23)36(19-21-8-17-27(33)28(34)18-21)30(38)20-37(24-11-9-22(32)10-12-24)43(40,41)26-15-13-25(42-2)14-16-26/h8-18,23,29H,3-7,19-20H2,1-2H3,(H,35,39)/t29-/m1/s1. The summed E-state index contributed by atoms with van der Waals surface area (Å²) in [5, 5.41) is 4.16. The van der Waals surface area contributed by atoms with Gasteiger partial charge in [-0.1, -0.05) is 60.6 Å². The lowest BCUT2D eigenvalue weighted by Crippen LogP contribution is -2.53. The third-order valence-corrected chi connectivity index (χ3v) is 10.2. The van der Waals surface area contributed by atoms with Gasteiger partial charge in [-0.2, -0.15) is 0 Å². The highest BCUT2D eigenvalue weighted by atomic mass is 35.5. The Morgan fingerprint density at radius 1 is 0.953 bits per heavy atom. The Hall–Kier alpha value is -2.98. The highest BCUT2D eigenvalue weighted by molar-refractivity contribution is 7.92. The van der Waals surface area contributed by atoms with E-state index in [9.17, 15) is 18.0 Å². The Bertz CT molecular complexity index is 1530. The molecule has 0 aliphatic heterocycles. The molecule has 1 N–H and O–H groups in total. The predicted molar refractivity (Wildman–Crippen MR) is 170 cm³/mol. The zero-order valence-electron chi connectivity index (χ0n) is 23.9. The van der Waals surface area contributed by atoms with Crippen LogP contribution in [0, 0.1) is 0 Å². The molecule has 4 rings (SSSR count). The molecule has 0 spiro atoms. The molecular formula is C31H34Cl3N3O5S. The first-order valence-corrected chi connectivity index (χ1v) is 16.6. The summed E-state index contributed by atoms with van der Waals surface area (Å²) >= 11 is 18.5. The van der Waals surface area contributed by atoms with E-state index in [-0.39, 0.29) is 29.1 Å². The van der Waals surface area contributed by atoms with Gasteiger partial charge in [-0.25, -0.2) is 8.42 Å². The Morgan fingerprint density at radius 3 is 2.19 bits per heavy atom. The normalized spacial score (nSPS) is 14.3. The second-order valence-electron chi connectivity index (χ2n) is 10.3. The van der Waals surface area contributed by atoms with Gasteiger partial charge in [0.2, 0.25) is 11.8 Å². The van der Waals surface area contributed by atoms with Crippen molar-refractivity contribution in [2.24, 2.45) is 0 Å². The average molecular weight is 667 g/mol. The number of benzene rings is 3. The molecule has 1 fully saturated rings. The maximum Gasteiger partial charge on any atom is 0.264 e. The van der Waals surface area contributed by atoms with Crippen molar-refractivity contribution in [3.8, 4) is 5.75 Å². The molecule has 0 saturated heterocycles. The molecule has 1 aliphatic rings. The fourth-order valence-corrected chi connectivity index (χ4v) is 6.99. The smallest absolute Gasteiger partial charge is 0.264 e. The quantitative estimate of drug-likeness (QED) is 0.232.